The van der Waals surface area contributed by atoms with Crippen molar-refractivity contribution in [2.75, 3.05) is 13.2 Å². The molecule has 0 spiro atoms. The van der Waals surface area contributed by atoms with Crippen LogP contribution in [0.2, 0.25) is 54.4 Å². The highest BCUT2D eigenvalue weighted by atomic mass is 28.4. The van der Waals surface area contributed by atoms with E-state index >= 15 is 0 Å². The summed E-state index contributed by atoms with van der Waals surface area (Å²) < 4.78 is 37.9. The van der Waals surface area contributed by atoms with Gasteiger partial charge in [0.1, 0.15) is 30.6 Å². The average molecular weight is 748 g/mol. The van der Waals surface area contributed by atoms with Gasteiger partial charge in [0, 0.05) is 0 Å². The van der Waals surface area contributed by atoms with E-state index in [-0.39, 0.29) is 40.2 Å². The van der Waals surface area contributed by atoms with Gasteiger partial charge in [-0.05, 0) is 54.4 Å². The van der Waals surface area contributed by atoms with Crippen molar-refractivity contribution in [1.29, 1.82) is 0 Å². The number of aliphatic hydroxyl groups is 1. The SMILES string of the molecule is C=CCOc1nc(-n2cc(CO)nn2)nc2c1ncn2[C@@H]1O[C@H](CO[Si](C)(C)C(C)(C)C)[C@@H](O[Si](C)(C)C(C)(C)C)[C@H]1O[Si](C)(C)C(C)(C)C. The summed E-state index contributed by atoms with van der Waals surface area (Å²) in [5, 5.41) is 17.7. The summed E-state index contributed by atoms with van der Waals surface area (Å²) in [6, 6.07) is 0. The van der Waals surface area contributed by atoms with Gasteiger partial charge in [-0.15, -0.1) is 5.10 Å². The van der Waals surface area contributed by atoms with Gasteiger partial charge in [-0.25, -0.2) is 4.98 Å². The second kappa shape index (κ2) is 14.2. The zero-order valence-electron chi connectivity index (χ0n) is 33.0. The fraction of sp³-hybridized carbons (Fsp3) is 0.735. The molecular weight excluding hydrogens is 687 g/mol. The Bertz CT molecular complexity index is 1640. The van der Waals surface area contributed by atoms with E-state index in [4.69, 9.17) is 32.7 Å². The minimum atomic E-state index is -2.39. The lowest BCUT2D eigenvalue weighted by Gasteiger charge is -2.44. The van der Waals surface area contributed by atoms with Gasteiger partial charge >= 0.3 is 0 Å². The summed E-state index contributed by atoms with van der Waals surface area (Å²) in [6.45, 7) is 37.8. The standard InChI is InChI=1S/C34H61N7O6Si3/c1-17-18-43-29-25-28(36-31(37-29)41-19-23(20-42)38-39-41)40(22-35-25)30-27(47-50(15,16)34(8,9)10)26(46-49(13,14)33(5,6)7)24(45-30)21-44-48(11,12)32(2,3)4/h17,19,22,24,26-27,30,42H,1,18,20-21H2,2-16H3/t24-,26-,27-,30-/m1/s1. The third-order valence-electron chi connectivity index (χ3n) is 11.1. The normalized spacial score (nSPS) is 21.3. The molecule has 3 aromatic heterocycles. The Morgan fingerprint density at radius 2 is 1.46 bits per heavy atom. The zero-order valence-corrected chi connectivity index (χ0v) is 36.0. The van der Waals surface area contributed by atoms with Crippen molar-refractivity contribution in [3.8, 4) is 11.8 Å². The van der Waals surface area contributed by atoms with Crippen LogP contribution in [0.4, 0.5) is 0 Å². The van der Waals surface area contributed by atoms with Crippen LogP contribution >= 0.6 is 0 Å². The van der Waals surface area contributed by atoms with Crippen LogP contribution in [0.5, 0.6) is 5.88 Å². The third-order valence-corrected chi connectivity index (χ3v) is 24.5. The molecule has 0 saturated carbocycles. The third kappa shape index (κ3) is 8.32. The van der Waals surface area contributed by atoms with Crippen LogP contribution in [0.15, 0.2) is 25.2 Å². The quantitative estimate of drug-likeness (QED) is 0.141. The maximum atomic E-state index is 9.64. The molecule has 280 valence electrons. The average Bonchev–Trinajstić information content (AvgIpc) is 3.71. The van der Waals surface area contributed by atoms with Crippen LogP contribution in [0.3, 0.4) is 0 Å². The van der Waals surface area contributed by atoms with Gasteiger partial charge in [0.2, 0.25) is 5.88 Å². The van der Waals surface area contributed by atoms with Crippen LogP contribution in [-0.2, 0) is 24.6 Å². The molecular formula is C34H61N7O6Si3. The lowest BCUT2D eigenvalue weighted by atomic mass is 10.1. The summed E-state index contributed by atoms with van der Waals surface area (Å²) in [7, 11) is -6.88. The second-order valence-electron chi connectivity index (χ2n) is 17.9. The van der Waals surface area contributed by atoms with Crippen molar-refractivity contribution in [3.05, 3.63) is 30.9 Å². The number of hydrogen-bond acceptors (Lipinski definition) is 11. The van der Waals surface area contributed by atoms with E-state index in [2.05, 4.69) is 123 Å². The minimum absolute atomic E-state index is 0.0186. The number of aliphatic hydroxyl groups excluding tert-OH is 1. The van der Waals surface area contributed by atoms with E-state index in [1.54, 1.807) is 18.6 Å². The highest BCUT2D eigenvalue weighted by Crippen LogP contribution is 2.47. The molecule has 13 nitrogen and oxygen atoms in total. The molecule has 1 saturated heterocycles. The molecule has 3 aromatic rings. The fourth-order valence-corrected chi connectivity index (χ4v) is 8.37. The minimum Gasteiger partial charge on any atom is -0.472 e. The van der Waals surface area contributed by atoms with Gasteiger partial charge in [-0.3, -0.25) is 4.57 Å². The van der Waals surface area contributed by atoms with E-state index in [0.717, 1.165) is 0 Å². The molecule has 16 heteroatoms. The topological polar surface area (TPSA) is 141 Å². The summed E-state index contributed by atoms with van der Waals surface area (Å²) in [4.78, 5) is 14.3. The van der Waals surface area contributed by atoms with Crippen LogP contribution < -0.4 is 4.74 Å². The smallest absolute Gasteiger partial charge is 0.257 e. The van der Waals surface area contributed by atoms with Gasteiger partial charge < -0.3 is 27.9 Å². The molecule has 0 amide bonds. The van der Waals surface area contributed by atoms with Crippen molar-refractivity contribution in [3.63, 3.8) is 0 Å². The molecule has 0 radical (unpaired) electrons. The molecule has 1 N–H and O–H groups in total. The van der Waals surface area contributed by atoms with Crippen molar-refractivity contribution in [2.45, 2.75) is 148 Å². The van der Waals surface area contributed by atoms with Crippen molar-refractivity contribution in [2.24, 2.45) is 0 Å². The van der Waals surface area contributed by atoms with Crippen molar-refractivity contribution >= 4 is 36.1 Å². The Morgan fingerprint density at radius 1 is 0.880 bits per heavy atom. The van der Waals surface area contributed by atoms with Gasteiger partial charge in [-0.1, -0.05) is 80.2 Å². The summed E-state index contributed by atoms with van der Waals surface area (Å²) >= 11 is 0. The summed E-state index contributed by atoms with van der Waals surface area (Å²) in [5.74, 6) is 0.466. The Kier molecular flexibility index (Phi) is 11.5. The summed E-state index contributed by atoms with van der Waals surface area (Å²) in [5.41, 5.74) is 1.31. The molecule has 0 aromatic carbocycles. The first-order valence-electron chi connectivity index (χ1n) is 17.5. The predicted octanol–water partition coefficient (Wildman–Crippen LogP) is 7.16. The molecule has 1 fully saturated rings. The number of nitrogens with zero attached hydrogens (tertiary/aromatic N) is 7. The Morgan fingerprint density at radius 3 is 1.98 bits per heavy atom. The Hall–Kier alpha value is -2.32. The number of ether oxygens (including phenoxy) is 2. The molecule has 50 heavy (non-hydrogen) atoms. The Balaban J connectivity index is 1.92. The van der Waals surface area contributed by atoms with Crippen LogP contribution in [0.25, 0.3) is 17.1 Å². The highest BCUT2D eigenvalue weighted by Gasteiger charge is 2.55. The molecule has 1 aliphatic rings. The first-order chi connectivity index (χ1) is 22.8. The zero-order chi connectivity index (χ0) is 37.7. The molecule has 0 aliphatic carbocycles. The van der Waals surface area contributed by atoms with Crippen LogP contribution in [-0.4, -0.2) is 96.1 Å². The molecule has 0 unspecified atom stereocenters. The number of rotatable bonds is 13. The molecule has 4 rings (SSSR count). The molecule has 4 atom stereocenters. The first-order valence-corrected chi connectivity index (χ1v) is 26.2. The molecule has 0 bridgehead atoms. The van der Waals surface area contributed by atoms with Crippen molar-refractivity contribution in [1.82, 2.24) is 34.5 Å². The number of fused-ring (bicyclic) bond motifs is 1. The Labute approximate surface area is 301 Å². The largest absolute Gasteiger partial charge is 0.472 e. The molecule has 4 heterocycles. The maximum Gasteiger partial charge on any atom is 0.257 e. The van der Waals surface area contributed by atoms with E-state index in [1.165, 1.54) is 4.68 Å². The number of aromatic nitrogens is 7. The fourth-order valence-electron chi connectivity index (χ4n) is 4.75. The van der Waals surface area contributed by atoms with E-state index in [9.17, 15) is 5.11 Å². The highest BCUT2D eigenvalue weighted by molar-refractivity contribution is 6.75. The monoisotopic (exact) mass is 747 g/mol. The van der Waals surface area contributed by atoms with E-state index in [1.807, 2.05) is 4.57 Å². The van der Waals surface area contributed by atoms with E-state index < -0.39 is 49.5 Å². The second-order valence-corrected chi connectivity index (χ2v) is 32.2. The van der Waals surface area contributed by atoms with Crippen molar-refractivity contribution < 1.29 is 27.9 Å². The predicted molar refractivity (Wildman–Crippen MR) is 203 cm³/mol. The number of imidazole rings is 1. The lowest BCUT2D eigenvalue weighted by molar-refractivity contribution is -0.0470. The summed E-state index contributed by atoms with van der Waals surface area (Å²) in [6.07, 6.45) is 2.93. The lowest BCUT2D eigenvalue weighted by Crippen LogP contribution is -2.54. The molecule has 1 aliphatic heterocycles. The van der Waals surface area contributed by atoms with Gasteiger partial charge in [0.05, 0.1) is 25.7 Å². The van der Waals surface area contributed by atoms with E-state index in [0.29, 0.717) is 23.5 Å². The van der Waals surface area contributed by atoms with Gasteiger partial charge in [0.15, 0.2) is 42.3 Å². The van der Waals surface area contributed by atoms with Crippen LogP contribution in [0, 0.1) is 0 Å². The maximum absolute atomic E-state index is 9.64. The van der Waals surface area contributed by atoms with Crippen LogP contribution in [0.1, 0.15) is 74.2 Å². The first kappa shape index (κ1) is 40.5. The van der Waals surface area contributed by atoms with Gasteiger partial charge in [0.25, 0.3) is 5.95 Å². The number of hydrogen-bond donors (Lipinski definition) is 1. The van der Waals surface area contributed by atoms with Gasteiger partial charge in [-0.2, -0.15) is 14.6 Å².